The number of phenols is 1. The van der Waals surface area contributed by atoms with Gasteiger partial charge in [0.05, 0.1) is 11.4 Å². The largest absolute Gasteiger partial charge is 0.507 e. The summed E-state index contributed by atoms with van der Waals surface area (Å²) in [5.41, 5.74) is 10.1. The molecule has 0 radical (unpaired) electrons. The van der Waals surface area contributed by atoms with Crippen molar-refractivity contribution in [2.45, 2.75) is 18.8 Å². The minimum absolute atomic E-state index is 0.166. The molecule has 6 nitrogen and oxygen atoms in total. The number of piperidine rings is 1. The Kier molecular flexibility index (Phi) is 4.93. The quantitative estimate of drug-likeness (QED) is 0.678. The molecule has 0 spiro atoms. The van der Waals surface area contributed by atoms with Crippen LogP contribution in [0.25, 0.3) is 11.3 Å². The summed E-state index contributed by atoms with van der Waals surface area (Å²) in [5.74, 6) is 0.908. The molecule has 0 unspecified atom stereocenters. The lowest BCUT2D eigenvalue weighted by atomic mass is 9.90. The Hall–Kier alpha value is -3.41. The van der Waals surface area contributed by atoms with Crippen molar-refractivity contribution < 1.29 is 9.90 Å². The van der Waals surface area contributed by atoms with Gasteiger partial charge in [-0.05, 0) is 36.6 Å². The van der Waals surface area contributed by atoms with Crippen molar-refractivity contribution in [1.29, 1.82) is 0 Å². The molecule has 3 aromatic rings. The van der Waals surface area contributed by atoms with Crippen LogP contribution in [0.3, 0.4) is 0 Å². The number of aldehydes is 1. The number of anilines is 2. The third-order valence-corrected chi connectivity index (χ3v) is 5.29. The molecule has 0 saturated carbocycles. The Morgan fingerprint density at radius 2 is 1.89 bits per heavy atom. The highest BCUT2D eigenvalue weighted by Gasteiger charge is 2.24. The predicted molar refractivity (Wildman–Crippen MR) is 110 cm³/mol. The van der Waals surface area contributed by atoms with E-state index < -0.39 is 0 Å². The zero-order valence-electron chi connectivity index (χ0n) is 15.5. The fraction of sp³-hybridized carbons (Fsp3) is 0.227. The Balaban J connectivity index is 1.62. The topological polar surface area (TPSA) is 92.3 Å². The number of benzene rings is 2. The highest BCUT2D eigenvalue weighted by Crippen LogP contribution is 2.35. The molecule has 0 amide bonds. The molecule has 1 aliphatic heterocycles. The second-order valence-electron chi connectivity index (χ2n) is 7.09. The maximum Gasteiger partial charge on any atom is 0.169 e. The van der Waals surface area contributed by atoms with Crippen molar-refractivity contribution in [2.24, 2.45) is 0 Å². The Labute approximate surface area is 163 Å². The van der Waals surface area contributed by atoms with E-state index in [4.69, 9.17) is 5.73 Å². The normalized spacial score (nSPS) is 16.7. The van der Waals surface area contributed by atoms with Gasteiger partial charge < -0.3 is 15.7 Å². The molecule has 1 fully saturated rings. The number of nitrogens with two attached hydrogens (primary N) is 1. The van der Waals surface area contributed by atoms with Gasteiger partial charge in [-0.1, -0.05) is 36.4 Å². The number of hydrogen-bond acceptors (Lipinski definition) is 6. The van der Waals surface area contributed by atoms with Crippen LogP contribution in [0.4, 0.5) is 11.5 Å². The maximum absolute atomic E-state index is 10.9. The summed E-state index contributed by atoms with van der Waals surface area (Å²) in [6, 6.07) is 16.7. The second kappa shape index (κ2) is 7.68. The van der Waals surface area contributed by atoms with Crippen LogP contribution >= 0.6 is 0 Å². The summed E-state index contributed by atoms with van der Waals surface area (Å²) in [6.07, 6.45) is 2.98. The van der Waals surface area contributed by atoms with Crippen LogP contribution in [0.2, 0.25) is 0 Å². The van der Waals surface area contributed by atoms with E-state index in [0.717, 1.165) is 37.9 Å². The number of carbonyl (C=O) groups excluding carboxylic acids is 1. The lowest BCUT2D eigenvalue weighted by Gasteiger charge is -2.35. The van der Waals surface area contributed by atoms with Gasteiger partial charge in [-0.15, -0.1) is 10.2 Å². The van der Waals surface area contributed by atoms with Gasteiger partial charge >= 0.3 is 0 Å². The van der Waals surface area contributed by atoms with Crippen molar-refractivity contribution in [2.75, 3.05) is 23.7 Å². The van der Waals surface area contributed by atoms with Crippen molar-refractivity contribution >= 4 is 17.8 Å². The lowest BCUT2D eigenvalue weighted by Crippen LogP contribution is -2.35. The van der Waals surface area contributed by atoms with Crippen LogP contribution < -0.4 is 10.6 Å². The van der Waals surface area contributed by atoms with Crippen LogP contribution in [0, 0.1) is 0 Å². The molecule has 2 aromatic carbocycles. The predicted octanol–water partition coefficient (Wildman–Crippen LogP) is 3.63. The number of nitrogen functional groups attached to an aromatic ring is 1. The summed E-state index contributed by atoms with van der Waals surface area (Å²) in [5, 5.41) is 18.4. The maximum atomic E-state index is 10.9. The van der Waals surface area contributed by atoms with Gasteiger partial charge in [-0.25, -0.2) is 0 Å². The van der Waals surface area contributed by atoms with Crippen molar-refractivity contribution in [1.82, 2.24) is 10.2 Å². The smallest absolute Gasteiger partial charge is 0.169 e. The van der Waals surface area contributed by atoms with Gasteiger partial charge in [-0.3, -0.25) is 4.79 Å². The van der Waals surface area contributed by atoms with Gasteiger partial charge in [0, 0.05) is 30.1 Å². The van der Waals surface area contributed by atoms with E-state index in [9.17, 15) is 9.90 Å². The van der Waals surface area contributed by atoms with Gasteiger partial charge in [0.15, 0.2) is 5.82 Å². The number of phenolic OH excluding ortho intramolecular Hbond substituents is 1. The molecule has 1 aliphatic rings. The number of aromatic nitrogens is 2. The molecule has 0 bridgehead atoms. The molecule has 3 N–H and O–H groups in total. The number of hydrogen-bond donors (Lipinski definition) is 2. The van der Waals surface area contributed by atoms with Gasteiger partial charge in [0.1, 0.15) is 12.0 Å². The van der Waals surface area contributed by atoms with Crippen LogP contribution in [0.1, 0.15) is 34.7 Å². The van der Waals surface area contributed by atoms with Crippen molar-refractivity contribution in [3.63, 3.8) is 0 Å². The molecular weight excluding hydrogens is 352 g/mol. The Bertz CT molecular complexity index is 988. The van der Waals surface area contributed by atoms with E-state index in [0.29, 0.717) is 28.6 Å². The fourth-order valence-corrected chi connectivity index (χ4v) is 3.78. The lowest BCUT2D eigenvalue weighted by molar-refractivity contribution is 0.112. The highest BCUT2D eigenvalue weighted by molar-refractivity contribution is 5.75. The zero-order chi connectivity index (χ0) is 19.5. The third kappa shape index (κ3) is 3.53. The number of aromatic hydroxyl groups is 1. The van der Waals surface area contributed by atoms with E-state index in [1.54, 1.807) is 12.1 Å². The van der Waals surface area contributed by atoms with Crippen LogP contribution in [-0.2, 0) is 0 Å². The van der Waals surface area contributed by atoms with Gasteiger partial charge in [-0.2, -0.15) is 0 Å². The molecule has 142 valence electrons. The molecule has 6 heteroatoms. The Morgan fingerprint density at radius 1 is 1.11 bits per heavy atom. The number of nitrogens with zero attached hydrogens (tertiary/aromatic N) is 3. The van der Waals surface area contributed by atoms with E-state index in [1.807, 2.05) is 42.5 Å². The minimum Gasteiger partial charge on any atom is -0.507 e. The molecule has 4 rings (SSSR count). The number of carbonyl (C=O) groups is 1. The monoisotopic (exact) mass is 374 g/mol. The van der Waals surface area contributed by atoms with Gasteiger partial charge in [0.2, 0.25) is 0 Å². The number of para-hydroxylation sites is 1. The van der Waals surface area contributed by atoms with Crippen LogP contribution in [0.5, 0.6) is 5.75 Å². The first kappa shape index (κ1) is 18.0. The van der Waals surface area contributed by atoms with E-state index in [-0.39, 0.29) is 5.75 Å². The molecule has 28 heavy (non-hydrogen) atoms. The van der Waals surface area contributed by atoms with Crippen molar-refractivity contribution in [3.8, 4) is 17.0 Å². The first-order valence-corrected chi connectivity index (χ1v) is 9.37. The SMILES string of the molecule is Nc1nnc(-c2ccccc2O)cc1N1CCC[C@H](c2ccc(C=O)cc2)C1. The highest BCUT2D eigenvalue weighted by atomic mass is 16.3. The average molecular weight is 374 g/mol. The summed E-state index contributed by atoms with van der Waals surface area (Å²) < 4.78 is 0. The number of rotatable bonds is 4. The molecule has 0 aliphatic carbocycles. The standard InChI is InChI=1S/C22H22N4O2/c23-22-20(12-19(24-25-22)18-5-1-2-6-21(18)28)26-11-3-4-17(13-26)16-9-7-15(14-27)8-10-16/h1-2,5-10,12,14,17,28H,3-4,11,13H2,(H2,23,25)/t17-/m0/s1. The fourth-order valence-electron chi connectivity index (χ4n) is 3.78. The van der Waals surface area contributed by atoms with Gasteiger partial charge in [0.25, 0.3) is 0 Å². The second-order valence-corrected chi connectivity index (χ2v) is 7.09. The first-order chi connectivity index (χ1) is 13.7. The summed E-state index contributed by atoms with van der Waals surface area (Å²) >= 11 is 0. The third-order valence-electron chi connectivity index (χ3n) is 5.29. The molecule has 1 atom stereocenters. The molecule has 1 aromatic heterocycles. The summed E-state index contributed by atoms with van der Waals surface area (Å²) in [6.45, 7) is 1.70. The molecule has 2 heterocycles. The van der Waals surface area contributed by atoms with Crippen LogP contribution in [0.15, 0.2) is 54.6 Å². The minimum atomic E-state index is 0.166. The zero-order valence-corrected chi connectivity index (χ0v) is 15.5. The first-order valence-electron chi connectivity index (χ1n) is 9.37. The summed E-state index contributed by atoms with van der Waals surface area (Å²) in [4.78, 5) is 13.1. The van der Waals surface area contributed by atoms with Crippen molar-refractivity contribution in [3.05, 3.63) is 65.7 Å². The van der Waals surface area contributed by atoms with E-state index in [1.165, 1.54) is 5.56 Å². The molecule has 1 saturated heterocycles. The molecular formula is C22H22N4O2. The average Bonchev–Trinajstić information content (AvgIpc) is 2.75. The van der Waals surface area contributed by atoms with E-state index >= 15 is 0 Å². The van der Waals surface area contributed by atoms with Crippen LogP contribution in [-0.4, -0.2) is 34.7 Å². The Morgan fingerprint density at radius 3 is 2.64 bits per heavy atom. The summed E-state index contributed by atoms with van der Waals surface area (Å²) in [7, 11) is 0. The van der Waals surface area contributed by atoms with E-state index in [2.05, 4.69) is 15.1 Å².